The van der Waals surface area contributed by atoms with Crippen LogP contribution in [0, 0.1) is 0 Å². The first-order chi connectivity index (χ1) is 6.45. The van der Waals surface area contributed by atoms with E-state index in [9.17, 15) is 0 Å². The lowest BCUT2D eigenvalue weighted by atomic mass is 10.1. The van der Waals surface area contributed by atoms with Gasteiger partial charge in [0.15, 0.2) is 0 Å². The normalized spacial score (nSPS) is 18.5. The van der Waals surface area contributed by atoms with E-state index in [1.807, 2.05) is 18.3 Å². The lowest BCUT2D eigenvalue weighted by Gasteiger charge is -2.23. The number of aromatic nitrogens is 1. The second-order valence-corrected chi connectivity index (χ2v) is 3.27. The topological polar surface area (TPSA) is 34.2 Å². The summed E-state index contributed by atoms with van der Waals surface area (Å²) >= 11 is 0. The number of ether oxygens (including phenoxy) is 1. The summed E-state index contributed by atoms with van der Waals surface area (Å²) in [7, 11) is 0. The molecular formula is C10H14N2O. The molecule has 1 aromatic heterocycles. The van der Waals surface area contributed by atoms with Gasteiger partial charge in [-0.15, -0.1) is 0 Å². The zero-order valence-corrected chi connectivity index (χ0v) is 7.57. The van der Waals surface area contributed by atoms with E-state index in [0.717, 1.165) is 31.7 Å². The summed E-state index contributed by atoms with van der Waals surface area (Å²) in [5, 5.41) is 3.44. The molecule has 3 nitrogen and oxygen atoms in total. The van der Waals surface area contributed by atoms with Gasteiger partial charge in [-0.3, -0.25) is 4.98 Å². The Balaban J connectivity index is 1.90. The molecule has 70 valence electrons. The average Bonchev–Trinajstić information content (AvgIpc) is 2.21. The van der Waals surface area contributed by atoms with Crippen LogP contribution in [-0.4, -0.2) is 24.2 Å². The van der Waals surface area contributed by atoms with Gasteiger partial charge in [-0.25, -0.2) is 0 Å². The molecule has 0 spiro atoms. The molecule has 0 radical (unpaired) electrons. The summed E-state index contributed by atoms with van der Waals surface area (Å²) in [5.41, 5.74) is 1.11. The van der Waals surface area contributed by atoms with Crippen molar-refractivity contribution in [1.82, 2.24) is 4.98 Å². The molecule has 0 unspecified atom stereocenters. The minimum absolute atomic E-state index is 0.554. The molecule has 0 atom stereocenters. The summed E-state index contributed by atoms with van der Waals surface area (Å²) in [6.07, 6.45) is 5.83. The van der Waals surface area contributed by atoms with Crippen LogP contribution in [0.25, 0.3) is 0 Å². The molecule has 1 aromatic rings. The fraction of sp³-hybridized carbons (Fsp3) is 0.500. The third-order valence-corrected chi connectivity index (χ3v) is 2.25. The van der Waals surface area contributed by atoms with Crippen LogP contribution in [0.15, 0.2) is 24.5 Å². The van der Waals surface area contributed by atoms with Gasteiger partial charge in [0.1, 0.15) is 0 Å². The van der Waals surface area contributed by atoms with Crippen molar-refractivity contribution < 1.29 is 4.74 Å². The quantitative estimate of drug-likeness (QED) is 0.748. The van der Waals surface area contributed by atoms with Gasteiger partial charge in [0.2, 0.25) is 0 Å². The van der Waals surface area contributed by atoms with E-state index in [4.69, 9.17) is 4.74 Å². The van der Waals surface area contributed by atoms with Crippen LogP contribution >= 0.6 is 0 Å². The molecule has 1 N–H and O–H groups in total. The lowest BCUT2D eigenvalue weighted by Crippen LogP contribution is -2.27. The summed E-state index contributed by atoms with van der Waals surface area (Å²) in [6.45, 7) is 1.75. The summed E-state index contributed by atoms with van der Waals surface area (Å²) in [5.74, 6) is 0. The summed E-state index contributed by atoms with van der Waals surface area (Å²) in [4.78, 5) is 4.06. The van der Waals surface area contributed by atoms with Crippen molar-refractivity contribution in [2.45, 2.75) is 18.9 Å². The number of rotatable bonds is 2. The van der Waals surface area contributed by atoms with Crippen molar-refractivity contribution >= 4 is 5.69 Å². The van der Waals surface area contributed by atoms with Gasteiger partial charge in [0.25, 0.3) is 0 Å². The molecular weight excluding hydrogens is 164 g/mol. The van der Waals surface area contributed by atoms with Crippen molar-refractivity contribution in [3.05, 3.63) is 24.5 Å². The molecule has 1 aliphatic heterocycles. The van der Waals surface area contributed by atoms with Crippen molar-refractivity contribution in [2.24, 2.45) is 0 Å². The van der Waals surface area contributed by atoms with Gasteiger partial charge in [-0.05, 0) is 25.0 Å². The van der Waals surface area contributed by atoms with Crippen molar-refractivity contribution in [3.8, 4) is 0 Å². The van der Waals surface area contributed by atoms with Gasteiger partial charge in [0.05, 0.1) is 5.69 Å². The third-order valence-electron chi connectivity index (χ3n) is 2.25. The Morgan fingerprint density at radius 3 is 2.92 bits per heavy atom. The fourth-order valence-electron chi connectivity index (χ4n) is 1.53. The predicted molar refractivity (Wildman–Crippen MR) is 51.7 cm³/mol. The molecule has 1 fully saturated rings. The Kier molecular flexibility index (Phi) is 2.77. The molecule has 3 heteroatoms. The van der Waals surface area contributed by atoms with Crippen molar-refractivity contribution in [2.75, 3.05) is 18.5 Å². The minimum atomic E-state index is 0.554. The zero-order chi connectivity index (χ0) is 8.93. The highest BCUT2D eigenvalue weighted by Crippen LogP contribution is 2.13. The van der Waals surface area contributed by atoms with E-state index >= 15 is 0 Å². The van der Waals surface area contributed by atoms with E-state index in [2.05, 4.69) is 10.3 Å². The largest absolute Gasteiger partial charge is 0.381 e. The number of nitrogens with one attached hydrogen (secondary N) is 1. The maximum atomic E-state index is 5.28. The number of anilines is 1. The van der Waals surface area contributed by atoms with Crippen LogP contribution in [0.1, 0.15) is 12.8 Å². The molecule has 0 bridgehead atoms. The molecule has 2 heterocycles. The standard InChI is InChI=1S/C10H14N2O/c1-2-10(8-11-5-1)12-9-3-6-13-7-4-9/h1-2,5,8-9,12H,3-4,6-7H2. The lowest BCUT2D eigenvalue weighted by molar-refractivity contribution is 0.0904. The van der Waals surface area contributed by atoms with E-state index in [-0.39, 0.29) is 0 Å². The van der Waals surface area contributed by atoms with E-state index < -0.39 is 0 Å². The first-order valence-corrected chi connectivity index (χ1v) is 4.69. The van der Waals surface area contributed by atoms with Crippen molar-refractivity contribution in [1.29, 1.82) is 0 Å². The summed E-state index contributed by atoms with van der Waals surface area (Å²) in [6, 6.07) is 4.54. The van der Waals surface area contributed by atoms with Gasteiger partial charge in [-0.2, -0.15) is 0 Å². The monoisotopic (exact) mass is 178 g/mol. The molecule has 1 saturated heterocycles. The number of nitrogens with zero attached hydrogens (tertiary/aromatic N) is 1. The van der Waals surface area contributed by atoms with Crippen LogP contribution in [-0.2, 0) is 4.74 Å². The molecule has 2 rings (SSSR count). The highest BCUT2D eigenvalue weighted by molar-refractivity contribution is 5.40. The molecule has 1 aliphatic rings. The first kappa shape index (κ1) is 8.51. The number of hydrogen-bond acceptors (Lipinski definition) is 3. The highest BCUT2D eigenvalue weighted by atomic mass is 16.5. The number of hydrogen-bond donors (Lipinski definition) is 1. The smallest absolute Gasteiger partial charge is 0.0528 e. The maximum absolute atomic E-state index is 5.28. The number of pyridine rings is 1. The van der Waals surface area contributed by atoms with Crippen LogP contribution in [0.4, 0.5) is 5.69 Å². The summed E-state index contributed by atoms with van der Waals surface area (Å²) < 4.78 is 5.28. The van der Waals surface area contributed by atoms with Crippen LogP contribution in [0.2, 0.25) is 0 Å². The van der Waals surface area contributed by atoms with Crippen LogP contribution < -0.4 is 5.32 Å². The van der Waals surface area contributed by atoms with Crippen molar-refractivity contribution in [3.63, 3.8) is 0 Å². The van der Waals surface area contributed by atoms with Gasteiger partial charge >= 0.3 is 0 Å². The van der Waals surface area contributed by atoms with Crippen LogP contribution in [0.5, 0.6) is 0 Å². The Labute approximate surface area is 78.1 Å². The zero-order valence-electron chi connectivity index (χ0n) is 7.57. The first-order valence-electron chi connectivity index (χ1n) is 4.69. The van der Waals surface area contributed by atoms with Crippen LogP contribution in [0.3, 0.4) is 0 Å². The fourth-order valence-corrected chi connectivity index (χ4v) is 1.53. The average molecular weight is 178 g/mol. The van der Waals surface area contributed by atoms with E-state index in [1.165, 1.54) is 0 Å². The minimum Gasteiger partial charge on any atom is -0.381 e. The van der Waals surface area contributed by atoms with E-state index in [1.54, 1.807) is 6.20 Å². The van der Waals surface area contributed by atoms with Gasteiger partial charge in [0, 0.05) is 31.6 Å². The van der Waals surface area contributed by atoms with Gasteiger partial charge in [-0.1, -0.05) is 0 Å². The Morgan fingerprint density at radius 2 is 2.23 bits per heavy atom. The molecule has 0 aromatic carbocycles. The second kappa shape index (κ2) is 4.23. The molecule has 0 amide bonds. The predicted octanol–water partition coefficient (Wildman–Crippen LogP) is 1.67. The molecule has 0 aliphatic carbocycles. The Bertz CT molecular complexity index is 244. The third kappa shape index (κ3) is 2.42. The maximum Gasteiger partial charge on any atom is 0.0528 e. The SMILES string of the molecule is c1cncc(NC2CCOCC2)c1. The second-order valence-electron chi connectivity index (χ2n) is 3.27. The van der Waals surface area contributed by atoms with E-state index in [0.29, 0.717) is 6.04 Å². The Morgan fingerprint density at radius 1 is 1.38 bits per heavy atom. The van der Waals surface area contributed by atoms with Gasteiger partial charge < -0.3 is 10.1 Å². The Hall–Kier alpha value is -1.09. The molecule has 13 heavy (non-hydrogen) atoms. The highest BCUT2D eigenvalue weighted by Gasteiger charge is 2.12. The molecule has 0 saturated carbocycles.